The van der Waals surface area contributed by atoms with Gasteiger partial charge in [-0.2, -0.15) is 10.2 Å². The summed E-state index contributed by atoms with van der Waals surface area (Å²) < 4.78 is 0. The number of carbonyl (C=O) groups excluding carboxylic acids is 1. The van der Waals surface area contributed by atoms with Gasteiger partial charge in [-0.05, 0) is 25.0 Å². The third-order valence-electron chi connectivity index (χ3n) is 5.64. The second kappa shape index (κ2) is 8.15. The normalized spacial score (nSPS) is 21.5. The minimum atomic E-state index is 0.0739. The van der Waals surface area contributed by atoms with E-state index < -0.39 is 0 Å². The van der Waals surface area contributed by atoms with Crippen LogP contribution in [0.4, 0.5) is 0 Å². The molecule has 0 radical (unpaired) electrons. The lowest BCUT2D eigenvalue weighted by Gasteiger charge is -2.38. The highest BCUT2D eigenvalue weighted by molar-refractivity contribution is 5.94. The fourth-order valence-electron chi connectivity index (χ4n) is 4.16. The van der Waals surface area contributed by atoms with E-state index in [1.54, 1.807) is 6.20 Å². The number of aromatic nitrogens is 2. The number of amides is 1. The summed E-state index contributed by atoms with van der Waals surface area (Å²) in [4.78, 5) is 19.7. The molecule has 0 N–H and O–H groups in total. The maximum Gasteiger partial charge on any atom is 0.255 e. The van der Waals surface area contributed by atoms with Gasteiger partial charge in [-0.3, -0.25) is 14.6 Å². The summed E-state index contributed by atoms with van der Waals surface area (Å²) in [6, 6.07) is 13.1. The van der Waals surface area contributed by atoms with E-state index in [9.17, 15) is 4.79 Å². The Balaban J connectivity index is 1.28. The number of likely N-dealkylation sites (tertiary alicyclic amines) is 1. The average molecular weight is 365 g/mol. The van der Waals surface area contributed by atoms with Crippen LogP contribution in [0.1, 0.15) is 28.0 Å². The summed E-state index contributed by atoms with van der Waals surface area (Å²) in [5, 5.41) is 7.84. The number of hydrogen-bond donors (Lipinski definition) is 0. The van der Waals surface area contributed by atoms with Gasteiger partial charge in [0, 0.05) is 51.9 Å². The molecule has 0 spiro atoms. The first-order valence-corrected chi connectivity index (χ1v) is 9.78. The SMILES string of the molecule is Cc1cc(C(=O)N2CCN(C3CCN(Cc4ccccc4)C3)CC2)cnn1. The predicted molar refractivity (Wildman–Crippen MR) is 104 cm³/mol. The zero-order valence-electron chi connectivity index (χ0n) is 15.9. The Morgan fingerprint density at radius 1 is 1.11 bits per heavy atom. The van der Waals surface area contributed by atoms with Crippen LogP contribution in [0, 0.1) is 6.92 Å². The third kappa shape index (κ3) is 4.34. The van der Waals surface area contributed by atoms with E-state index in [1.165, 1.54) is 12.0 Å². The van der Waals surface area contributed by atoms with Crippen LogP contribution < -0.4 is 0 Å². The molecule has 1 aromatic carbocycles. The highest BCUT2D eigenvalue weighted by Gasteiger charge is 2.31. The van der Waals surface area contributed by atoms with Crippen molar-refractivity contribution in [3.63, 3.8) is 0 Å². The van der Waals surface area contributed by atoms with Crippen LogP contribution in [0.2, 0.25) is 0 Å². The van der Waals surface area contributed by atoms with Gasteiger partial charge in [-0.1, -0.05) is 30.3 Å². The maximum absolute atomic E-state index is 12.7. The second-order valence-electron chi connectivity index (χ2n) is 7.58. The van der Waals surface area contributed by atoms with Gasteiger partial charge in [0.25, 0.3) is 5.91 Å². The van der Waals surface area contributed by atoms with Gasteiger partial charge >= 0.3 is 0 Å². The van der Waals surface area contributed by atoms with E-state index in [-0.39, 0.29) is 5.91 Å². The highest BCUT2D eigenvalue weighted by Crippen LogP contribution is 2.20. The molecule has 3 heterocycles. The summed E-state index contributed by atoms with van der Waals surface area (Å²) in [6.07, 6.45) is 2.79. The molecule has 6 heteroatoms. The number of hydrogen-bond acceptors (Lipinski definition) is 5. The maximum atomic E-state index is 12.7. The predicted octanol–water partition coefficient (Wildman–Crippen LogP) is 1.82. The van der Waals surface area contributed by atoms with Crippen molar-refractivity contribution >= 4 is 5.91 Å². The zero-order valence-corrected chi connectivity index (χ0v) is 15.9. The van der Waals surface area contributed by atoms with E-state index >= 15 is 0 Å². The van der Waals surface area contributed by atoms with Crippen molar-refractivity contribution in [1.82, 2.24) is 24.9 Å². The average Bonchev–Trinajstić information content (AvgIpc) is 3.17. The van der Waals surface area contributed by atoms with Gasteiger partial charge in [0.05, 0.1) is 17.5 Å². The fourth-order valence-corrected chi connectivity index (χ4v) is 4.16. The van der Waals surface area contributed by atoms with E-state index in [1.807, 2.05) is 17.9 Å². The number of aryl methyl sites for hydroxylation is 1. The molecule has 2 fully saturated rings. The van der Waals surface area contributed by atoms with Gasteiger partial charge in [-0.15, -0.1) is 0 Å². The van der Waals surface area contributed by atoms with Crippen LogP contribution in [0.3, 0.4) is 0 Å². The summed E-state index contributed by atoms with van der Waals surface area (Å²) in [5.41, 5.74) is 2.81. The molecule has 142 valence electrons. The number of benzene rings is 1. The van der Waals surface area contributed by atoms with Crippen LogP contribution >= 0.6 is 0 Å². The van der Waals surface area contributed by atoms with Crippen molar-refractivity contribution in [3.05, 3.63) is 59.4 Å². The molecule has 2 aliphatic heterocycles. The van der Waals surface area contributed by atoms with Crippen LogP contribution in [-0.4, -0.2) is 76.1 Å². The molecule has 6 nitrogen and oxygen atoms in total. The van der Waals surface area contributed by atoms with Crippen LogP contribution in [0.15, 0.2) is 42.6 Å². The fraction of sp³-hybridized carbons (Fsp3) is 0.476. The van der Waals surface area contributed by atoms with Crippen molar-refractivity contribution < 1.29 is 4.79 Å². The summed E-state index contributed by atoms with van der Waals surface area (Å²) in [5.74, 6) is 0.0739. The Morgan fingerprint density at radius 3 is 2.63 bits per heavy atom. The second-order valence-corrected chi connectivity index (χ2v) is 7.58. The number of piperazine rings is 1. The molecular weight excluding hydrogens is 338 g/mol. The molecule has 2 saturated heterocycles. The molecule has 1 unspecified atom stereocenters. The molecule has 1 atom stereocenters. The van der Waals surface area contributed by atoms with Crippen LogP contribution in [0.5, 0.6) is 0 Å². The molecule has 2 aromatic rings. The Kier molecular flexibility index (Phi) is 5.45. The highest BCUT2D eigenvalue weighted by atomic mass is 16.2. The molecule has 4 rings (SSSR count). The standard InChI is InChI=1S/C21H27N5O/c1-17-13-19(14-22-23-17)21(27)26-11-9-25(10-12-26)20-7-8-24(16-20)15-18-5-3-2-4-6-18/h2-6,13-14,20H,7-12,15-16H2,1H3. The number of carbonyl (C=O) groups is 1. The Morgan fingerprint density at radius 2 is 1.89 bits per heavy atom. The monoisotopic (exact) mass is 365 g/mol. The molecule has 0 bridgehead atoms. The zero-order chi connectivity index (χ0) is 18.6. The van der Waals surface area contributed by atoms with Crippen molar-refractivity contribution in [2.24, 2.45) is 0 Å². The first-order chi connectivity index (χ1) is 13.2. The van der Waals surface area contributed by atoms with Gasteiger partial charge < -0.3 is 4.90 Å². The Labute approximate surface area is 160 Å². The molecule has 2 aliphatic rings. The minimum absolute atomic E-state index is 0.0739. The third-order valence-corrected chi connectivity index (χ3v) is 5.64. The first-order valence-electron chi connectivity index (χ1n) is 9.78. The lowest BCUT2D eigenvalue weighted by atomic mass is 10.1. The molecular formula is C21H27N5O. The summed E-state index contributed by atoms with van der Waals surface area (Å²) in [7, 11) is 0. The molecule has 27 heavy (non-hydrogen) atoms. The lowest BCUT2D eigenvalue weighted by Crippen LogP contribution is -2.52. The topological polar surface area (TPSA) is 52.6 Å². The van der Waals surface area contributed by atoms with Crippen molar-refractivity contribution in [3.8, 4) is 0 Å². The lowest BCUT2D eigenvalue weighted by molar-refractivity contribution is 0.0573. The Bertz CT molecular complexity index is 773. The first kappa shape index (κ1) is 18.1. The van der Waals surface area contributed by atoms with Gasteiger partial charge in [0.1, 0.15) is 0 Å². The van der Waals surface area contributed by atoms with Gasteiger partial charge in [0.2, 0.25) is 0 Å². The minimum Gasteiger partial charge on any atom is -0.336 e. The van der Waals surface area contributed by atoms with Crippen molar-refractivity contribution in [1.29, 1.82) is 0 Å². The van der Waals surface area contributed by atoms with E-state index in [0.29, 0.717) is 11.6 Å². The summed E-state index contributed by atoms with van der Waals surface area (Å²) in [6.45, 7) is 8.65. The van der Waals surface area contributed by atoms with Crippen molar-refractivity contribution in [2.45, 2.75) is 25.9 Å². The van der Waals surface area contributed by atoms with Crippen LogP contribution in [-0.2, 0) is 6.54 Å². The molecule has 1 aromatic heterocycles. The van der Waals surface area contributed by atoms with Gasteiger partial charge in [-0.25, -0.2) is 0 Å². The number of nitrogens with zero attached hydrogens (tertiary/aromatic N) is 5. The number of rotatable bonds is 4. The Hall–Kier alpha value is -2.31. The van der Waals surface area contributed by atoms with E-state index in [0.717, 1.165) is 51.5 Å². The van der Waals surface area contributed by atoms with Gasteiger partial charge in [0.15, 0.2) is 0 Å². The van der Waals surface area contributed by atoms with E-state index in [4.69, 9.17) is 0 Å². The molecule has 0 saturated carbocycles. The molecule has 0 aliphatic carbocycles. The smallest absolute Gasteiger partial charge is 0.255 e. The van der Waals surface area contributed by atoms with Crippen LogP contribution in [0.25, 0.3) is 0 Å². The van der Waals surface area contributed by atoms with E-state index in [2.05, 4.69) is 50.3 Å². The quantitative estimate of drug-likeness (QED) is 0.827. The molecule has 1 amide bonds. The summed E-state index contributed by atoms with van der Waals surface area (Å²) >= 11 is 0. The van der Waals surface area contributed by atoms with Crippen molar-refractivity contribution in [2.75, 3.05) is 39.3 Å². The largest absolute Gasteiger partial charge is 0.336 e.